The van der Waals surface area contributed by atoms with E-state index >= 15 is 0 Å². The molecule has 1 saturated heterocycles. The summed E-state index contributed by atoms with van der Waals surface area (Å²) in [7, 11) is 0. The molecule has 0 aromatic heterocycles. The first-order valence-corrected chi connectivity index (χ1v) is 5.26. The summed E-state index contributed by atoms with van der Waals surface area (Å²) < 4.78 is 5.23. The number of carbonyl (C=O) groups is 1. The van der Waals surface area contributed by atoms with E-state index in [2.05, 4.69) is 5.32 Å². The summed E-state index contributed by atoms with van der Waals surface area (Å²) in [5.41, 5.74) is -1.78. The number of hydrogen-bond acceptors (Lipinski definition) is 4. The highest BCUT2D eigenvalue weighted by molar-refractivity contribution is 5.76. The highest BCUT2D eigenvalue weighted by atomic mass is 16.5. The van der Waals surface area contributed by atoms with Gasteiger partial charge in [0.25, 0.3) is 0 Å². The second kappa shape index (κ2) is 5.44. The molecule has 1 fully saturated rings. The van der Waals surface area contributed by atoms with Gasteiger partial charge in [-0.2, -0.15) is 0 Å². The summed E-state index contributed by atoms with van der Waals surface area (Å²) in [6.45, 7) is 3.56. The van der Waals surface area contributed by atoms with E-state index in [1.165, 1.54) is 6.92 Å². The van der Waals surface area contributed by atoms with Gasteiger partial charge in [0.2, 0.25) is 0 Å². The van der Waals surface area contributed by atoms with Crippen LogP contribution in [0.5, 0.6) is 0 Å². The quantitative estimate of drug-likeness (QED) is 0.596. The fraction of sp³-hybridized carbons (Fsp3) is 0.900. The Kier molecular flexibility index (Phi) is 4.50. The predicted molar refractivity (Wildman–Crippen MR) is 54.7 cm³/mol. The SMILES string of the molecule is CC(O)(COCC1CCCNC1)C(=O)O. The average molecular weight is 217 g/mol. The van der Waals surface area contributed by atoms with Gasteiger partial charge in [-0.1, -0.05) is 0 Å². The van der Waals surface area contributed by atoms with Gasteiger partial charge < -0.3 is 20.3 Å². The monoisotopic (exact) mass is 217 g/mol. The first-order chi connectivity index (χ1) is 7.02. The van der Waals surface area contributed by atoms with E-state index in [0.29, 0.717) is 12.5 Å². The molecule has 0 aromatic carbocycles. The smallest absolute Gasteiger partial charge is 0.337 e. The lowest BCUT2D eigenvalue weighted by Gasteiger charge is -2.24. The fourth-order valence-electron chi connectivity index (χ4n) is 1.55. The van der Waals surface area contributed by atoms with Crippen LogP contribution in [0, 0.1) is 5.92 Å². The summed E-state index contributed by atoms with van der Waals surface area (Å²) in [6.07, 6.45) is 2.23. The van der Waals surface area contributed by atoms with Crippen LogP contribution in [0.25, 0.3) is 0 Å². The summed E-state index contributed by atoms with van der Waals surface area (Å²) in [4.78, 5) is 10.6. The van der Waals surface area contributed by atoms with Crippen LogP contribution in [-0.4, -0.2) is 48.1 Å². The van der Waals surface area contributed by atoms with Crippen LogP contribution in [0.2, 0.25) is 0 Å². The second-order valence-electron chi connectivity index (χ2n) is 4.31. The molecule has 0 aliphatic carbocycles. The van der Waals surface area contributed by atoms with Gasteiger partial charge in [0.1, 0.15) is 0 Å². The van der Waals surface area contributed by atoms with Gasteiger partial charge in [-0.15, -0.1) is 0 Å². The fourth-order valence-corrected chi connectivity index (χ4v) is 1.55. The van der Waals surface area contributed by atoms with Crippen molar-refractivity contribution in [3.05, 3.63) is 0 Å². The Hall–Kier alpha value is -0.650. The molecule has 0 bridgehead atoms. The van der Waals surface area contributed by atoms with Gasteiger partial charge in [-0.25, -0.2) is 4.79 Å². The Balaban J connectivity index is 2.17. The molecule has 1 heterocycles. The highest BCUT2D eigenvalue weighted by Gasteiger charge is 2.30. The van der Waals surface area contributed by atoms with Crippen molar-refractivity contribution in [2.24, 2.45) is 5.92 Å². The van der Waals surface area contributed by atoms with Crippen LogP contribution in [0.1, 0.15) is 19.8 Å². The summed E-state index contributed by atoms with van der Waals surface area (Å²) in [5.74, 6) is -0.812. The molecular weight excluding hydrogens is 198 g/mol. The van der Waals surface area contributed by atoms with E-state index < -0.39 is 11.6 Å². The van der Waals surface area contributed by atoms with Gasteiger partial charge in [-0.05, 0) is 32.2 Å². The second-order valence-corrected chi connectivity index (χ2v) is 4.31. The zero-order valence-corrected chi connectivity index (χ0v) is 9.03. The Bertz CT molecular complexity index is 211. The molecule has 88 valence electrons. The third-order valence-electron chi connectivity index (χ3n) is 2.60. The molecular formula is C10H19NO4. The molecule has 0 spiro atoms. The van der Waals surface area contributed by atoms with Crippen molar-refractivity contribution < 1.29 is 19.7 Å². The summed E-state index contributed by atoms with van der Waals surface area (Å²) in [6, 6.07) is 0. The normalized spacial score (nSPS) is 25.9. The molecule has 0 radical (unpaired) electrons. The molecule has 0 amide bonds. The molecule has 3 N–H and O–H groups in total. The summed E-state index contributed by atoms with van der Waals surface area (Å²) in [5, 5.41) is 21.3. The molecule has 1 aliphatic rings. The van der Waals surface area contributed by atoms with Crippen molar-refractivity contribution in [2.75, 3.05) is 26.3 Å². The zero-order chi connectivity index (χ0) is 11.3. The van der Waals surface area contributed by atoms with Crippen molar-refractivity contribution in [2.45, 2.75) is 25.4 Å². The minimum absolute atomic E-state index is 0.154. The van der Waals surface area contributed by atoms with Crippen molar-refractivity contribution in [3.63, 3.8) is 0 Å². The van der Waals surface area contributed by atoms with Gasteiger partial charge in [0, 0.05) is 6.54 Å². The van der Waals surface area contributed by atoms with E-state index in [-0.39, 0.29) is 6.61 Å². The standard InChI is InChI=1S/C10H19NO4/c1-10(14,9(12)13)7-15-6-8-3-2-4-11-5-8/h8,11,14H,2-7H2,1H3,(H,12,13). The van der Waals surface area contributed by atoms with Gasteiger partial charge >= 0.3 is 5.97 Å². The molecule has 1 rings (SSSR count). The molecule has 0 aromatic rings. The number of piperidine rings is 1. The molecule has 2 atom stereocenters. The summed E-state index contributed by atoms with van der Waals surface area (Å²) >= 11 is 0. The van der Waals surface area contributed by atoms with Crippen molar-refractivity contribution >= 4 is 5.97 Å². The van der Waals surface area contributed by atoms with E-state index in [1.54, 1.807) is 0 Å². The minimum atomic E-state index is -1.78. The van der Waals surface area contributed by atoms with Crippen LogP contribution in [-0.2, 0) is 9.53 Å². The molecule has 0 saturated carbocycles. The number of hydrogen-bond donors (Lipinski definition) is 3. The topological polar surface area (TPSA) is 78.8 Å². The number of aliphatic hydroxyl groups is 1. The number of ether oxygens (including phenoxy) is 1. The first kappa shape index (κ1) is 12.4. The van der Waals surface area contributed by atoms with Crippen molar-refractivity contribution in [1.29, 1.82) is 0 Å². The van der Waals surface area contributed by atoms with Crippen molar-refractivity contribution in [3.8, 4) is 0 Å². The van der Waals surface area contributed by atoms with Crippen LogP contribution >= 0.6 is 0 Å². The maximum Gasteiger partial charge on any atom is 0.337 e. The Morgan fingerprint density at radius 3 is 2.93 bits per heavy atom. The number of aliphatic carboxylic acids is 1. The lowest BCUT2D eigenvalue weighted by atomic mass is 10.0. The molecule has 5 heteroatoms. The van der Waals surface area contributed by atoms with Gasteiger partial charge in [0.15, 0.2) is 5.60 Å². The molecule has 15 heavy (non-hydrogen) atoms. The minimum Gasteiger partial charge on any atom is -0.479 e. The molecule has 2 unspecified atom stereocenters. The maximum atomic E-state index is 10.6. The Labute approximate surface area is 89.4 Å². The third-order valence-corrected chi connectivity index (χ3v) is 2.60. The van der Waals surface area contributed by atoms with E-state index in [0.717, 1.165) is 25.9 Å². The predicted octanol–water partition coefficient (Wildman–Crippen LogP) is -0.162. The van der Waals surface area contributed by atoms with Crippen molar-refractivity contribution in [1.82, 2.24) is 5.32 Å². The van der Waals surface area contributed by atoms with Crippen LogP contribution in [0.4, 0.5) is 0 Å². The van der Waals surface area contributed by atoms with Crippen LogP contribution in [0.3, 0.4) is 0 Å². The van der Waals surface area contributed by atoms with E-state index in [1.807, 2.05) is 0 Å². The van der Waals surface area contributed by atoms with Gasteiger partial charge in [-0.3, -0.25) is 0 Å². The number of carboxylic acid groups (broad SMARTS) is 1. The Morgan fingerprint density at radius 1 is 1.67 bits per heavy atom. The zero-order valence-electron chi connectivity index (χ0n) is 9.03. The number of carboxylic acids is 1. The lowest BCUT2D eigenvalue weighted by molar-refractivity contribution is -0.163. The molecule has 5 nitrogen and oxygen atoms in total. The largest absolute Gasteiger partial charge is 0.479 e. The van der Waals surface area contributed by atoms with Crippen LogP contribution in [0.15, 0.2) is 0 Å². The van der Waals surface area contributed by atoms with Crippen LogP contribution < -0.4 is 5.32 Å². The molecule has 1 aliphatic heterocycles. The van der Waals surface area contributed by atoms with E-state index in [4.69, 9.17) is 9.84 Å². The number of rotatable bonds is 5. The van der Waals surface area contributed by atoms with Gasteiger partial charge in [0.05, 0.1) is 13.2 Å². The van der Waals surface area contributed by atoms with E-state index in [9.17, 15) is 9.90 Å². The Morgan fingerprint density at radius 2 is 2.40 bits per heavy atom. The third kappa shape index (κ3) is 4.15. The maximum absolute atomic E-state index is 10.6. The first-order valence-electron chi connectivity index (χ1n) is 5.26. The highest BCUT2D eigenvalue weighted by Crippen LogP contribution is 2.11. The average Bonchev–Trinajstić information content (AvgIpc) is 2.19. The number of nitrogens with one attached hydrogen (secondary N) is 1. The lowest BCUT2D eigenvalue weighted by Crippen LogP contribution is -2.41.